The molecule has 0 aliphatic rings. The number of nitriles is 1. The van der Waals surface area contributed by atoms with E-state index < -0.39 is 5.97 Å². The molecule has 0 saturated carbocycles. The van der Waals surface area contributed by atoms with Gasteiger partial charge in [0.15, 0.2) is 10.9 Å². The first-order chi connectivity index (χ1) is 12.9. The van der Waals surface area contributed by atoms with Crippen LogP contribution in [0.15, 0.2) is 46.6 Å². The van der Waals surface area contributed by atoms with E-state index in [1.807, 2.05) is 50.2 Å². The van der Waals surface area contributed by atoms with Crippen molar-refractivity contribution in [2.45, 2.75) is 23.9 Å². The second kappa shape index (κ2) is 7.51. The first-order valence-corrected chi connectivity index (χ1v) is 8.84. The van der Waals surface area contributed by atoms with E-state index in [4.69, 9.17) is 10.5 Å². The van der Waals surface area contributed by atoms with Crippen LogP contribution >= 0.6 is 11.8 Å². The Balaban J connectivity index is 2.04. The monoisotopic (exact) mass is 379 g/mol. The number of rotatable bonds is 4. The van der Waals surface area contributed by atoms with E-state index in [1.165, 1.54) is 25.1 Å². The average Bonchev–Trinajstić information content (AvgIpc) is 2.97. The van der Waals surface area contributed by atoms with Crippen molar-refractivity contribution in [2.75, 3.05) is 12.8 Å². The number of methoxy groups -OCH3 is 1. The maximum Gasteiger partial charge on any atom is 0.357 e. The van der Waals surface area contributed by atoms with Crippen molar-refractivity contribution in [2.24, 2.45) is 0 Å². The number of aryl methyl sites for hydroxylation is 2. The average molecular weight is 379 g/mol. The normalized spacial score (nSPS) is 10.4. The number of anilines is 1. The van der Waals surface area contributed by atoms with Crippen LogP contribution in [0.3, 0.4) is 0 Å². The third kappa shape index (κ3) is 3.78. The second-order valence-electron chi connectivity index (χ2n) is 5.81. The summed E-state index contributed by atoms with van der Waals surface area (Å²) < 4.78 is 6.38. The van der Waals surface area contributed by atoms with Gasteiger partial charge in [-0.2, -0.15) is 5.26 Å². The highest BCUT2D eigenvalue weighted by Gasteiger charge is 2.21. The van der Waals surface area contributed by atoms with Gasteiger partial charge in [-0.05, 0) is 49.9 Å². The van der Waals surface area contributed by atoms with Gasteiger partial charge in [-0.1, -0.05) is 6.07 Å². The zero-order chi connectivity index (χ0) is 19.6. The van der Waals surface area contributed by atoms with Crippen LogP contribution in [0.2, 0.25) is 0 Å². The third-order valence-corrected chi connectivity index (χ3v) is 4.67. The molecule has 0 spiro atoms. The molecular formula is C19H17N5O2S. The molecule has 0 unspecified atom stereocenters. The molecule has 0 atom stereocenters. The number of carbonyl (C=O) groups is 1. The number of benzene rings is 1. The summed E-state index contributed by atoms with van der Waals surface area (Å²) in [5.41, 5.74) is 8.86. The summed E-state index contributed by atoms with van der Waals surface area (Å²) in [6.07, 6.45) is 1.53. The van der Waals surface area contributed by atoms with Crippen LogP contribution in [-0.2, 0) is 4.74 Å². The summed E-state index contributed by atoms with van der Waals surface area (Å²) in [6.45, 7) is 3.84. The summed E-state index contributed by atoms with van der Waals surface area (Å²) in [5, 5.41) is 9.88. The summed E-state index contributed by atoms with van der Waals surface area (Å²) in [7, 11) is 1.27. The van der Waals surface area contributed by atoms with Crippen LogP contribution in [0.4, 0.5) is 5.69 Å². The molecule has 0 amide bonds. The number of esters is 1. The largest absolute Gasteiger partial charge is 0.464 e. The molecule has 0 radical (unpaired) electrons. The standard InChI is InChI=1S/C19H17N5O2S/c1-11-7-12(2)23-19(22-11)27-15-6-4-5-14(8-15)24-10-13(9-20)16(21)17(24)18(25)26-3/h4-8,10H,21H2,1-3H3. The van der Waals surface area contributed by atoms with Crippen molar-refractivity contribution in [1.29, 1.82) is 5.26 Å². The molecule has 3 aromatic rings. The Morgan fingerprint density at radius 1 is 1.26 bits per heavy atom. The Kier molecular flexibility index (Phi) is 5.14. The summed E-state index contributed by atoms with van der Waals surface area (Å²) in [5.74, 6) is -0.607. The van der Waals surface area contributed by atoms with Gasteiger partial charge in [-0.25, -0.2) is 14.8 Å². The van der Waals surface area contributed by atoms with Gasteiger partial charge >= 0.3 is 5.97 Å². The van der Waals surface area contributed by atoms with Gasteiger partial charge in [0.25, 0.3) is 0 Å². The molecule has 7 nitrogen and oxygen atoms in total. The smallest absolute Gasteiger partial charge is 0.357 e. The van der Waals surface area contributed by atoms with Gasteiger partial charge in [0, 0.05) is 28.2 Å². The number of carbonyl (C=O) groups excluding carboxylic acids is 1. The molecule has 1 aromatic carbocycles. The van der Waals surface area contributed by atoms with Gasteiger partial charge in [0.2, 0.25) is 0 Å². The highest BCUT2D eigenvalue weighted by Crippen LogP contribution is 2.29. The SMILES string of the molecule is COC(=O)c1c(N)c(C#N)cn1-c1cccc(Sc2nc(C)cc(C)n2)c1. The lowest BCUT2D eigenvalue weighted by molar-refractivity contribution is 0.0593. The van der Waals surface area contributed by atoms with Gasteiger partial charge < -0.3 is 15.0 Å². The van der Waals surface area contributed by atoms with E-state index in [1.54, 1.807) is 4.57 Å². The van der Waals surface area contributed by atoms with Crippen LogP contribution in [0, 0.1) is 25.2 Å². The molecule has 27 heavy (non-hydrogen) atoms. The zero-order valence-corrected chi connectivity index (χ0v) is 15.9. The quantitative estimate of drug-likeness (QED) is 0.547. The van der Waals surface area contributed by atoms with E-state index in [0.29, 0.717) is 10.8 Å². The fraction of sp³-hybridized carbons (Fsp3) is 0.158. The number of aromatic nitrogens is 3. The van der Waals surface area contributed by atoms with E-state index >= 15 is 0 Å². The fourth-order valence-electron chi connectivity index (χ4n) is 2.66. The molecule has 0 saturated heterocycles. The lowest BCUT2D eigenvalue weighted by atomic mass is 10.2. The maximum atomic E-state index is 12.2. The third-order valence-electron chi connectivity index (χ3n) is 3.81. The van der Waals surface area contributed by atoms with Gasteiger partial charge in [-0.3, -0.25) is 0 Å². The molecule has 136 valence electrons. The lowest BCUT2D eigenvalue weighted by Crippen LogP contribution is -2.11. The van der Waals surface area contributed by atoms with Crippen LogP contribution in [0.5, 0.6) is 0 Å². The molecule has 0 aliphatic heterocycles. The fourth-order valence-corrected chi connectivity index (χ4v) is 3.58. The highest BCUT2D eigenvalue weighted by molar-refractivity contribution is 7.99. The molecule has 3 rings (SSSR count). The minimum atomic E-state index is -0.607. The number of ether oxygens (including phenoxy) is 1. The van der Waals surface area contributed by atoms with Crippen LogP contribution < -0.4 is 5.73 Å². The summed E-state index contributed by atoms with van der Waals surface area (Å²) in [6, 6.07) is 11.4. The predicted octanol–water partition coefficient (Wildman–Crippen LogP) is 3.28. The first kappa shape index (κ1) is 18.5. The molecular weight excluding hydrogens is 362 g/mol. The molecule has 2 aromatic heterocycles. The van der Waals surface area contributed by atoms with Gasteiger partial charge in [0.05, 0.1) is 18.4 Å². The van der Waals surface area contributed by atoms with Crippen molar-refractivity contribution < 1.29 is 9.53 Å². The van der Waals surface area contributed by atoms with E-state index in [-0.39, 0.29) is 16.9 Å². The zero-order valence-electron chi connectivity index (χ0n) is 15.1. The van der Waals surface area contributed by atoms with Crippen LogP contribution in [-0.4, -0.2) is 27.6 Å². The lowest BCUT2D eigenvalue weighted by Gasteiger charge is -2.10. The Labute approximate surface area is 160 Å². The number of hydrogen-bond donors (Lipinski definition) is 1. The number of nitrogens with two attached hydrogens (primary N) is 1. The van der Waals surface area contributed by atoms with Gasteiger partial charge in [0.1, 0.15) is 6.07 Å². The maximum absolute atomic E-state index is 12.2. The van der Waals surface area contributed by atoms with Crippen molar-refractivity contribution >= 4 is 23.4 Å². The minimum Gasteiger partial charge on any atom is -0.464 e. The van der Waals surface area contributed by atoms with Gasteiger partial charge in [-0.15, -0.1) is 0 Å². The summed E-state index contributed by atoms with van der Waals surface area (Å²) >= 11 is 1.41. The second-order valence-corrected chi connectivity index (χ2v) is 6.85. The predicted molar refractivity (Wildman–Crippen MR) is 102 cm³/mol. The topological polar surface area (TPSA) is 107 Å². The van der Waals surface area contributed by atoms with E-state index in [0.717, 1.165) is 16.3 Å². The molecule has 2 N–H and O–H groups in total. The Morgan fingerprint density at radius 2 is 1.96 bits per heavy atom. The molecule has 0 bridgehead atoms. The van der Waals surface area contributed by atoms with Crippen molar-refractivity contribution in [3.05, 3.63) is 59.2 Å². The van der Waals surface area contributed by atoms with Crippen molar-refractivity contribution in [3.63, 3.8) is 0 Å². The van der Waals surface area contributed by atoms with Crippen molar-refractivity contribution in [3.8, 4) is 11.8 Å². The van der Waals surface area contributed by atoms with Crippen LogP contribution in [0.1, 0.15) is 27.4 Å². The molecule has 0 fully saturated rings. The molecule has 2 heterocycles. The van der Waals surface area contributed by atoms with Crippen LogP contribution in [0.25, 0.3) is 5.69 Å². The number of nitrogen functional groups attached to an aromatic ring is 1. The number of hydrogen-bond acceptors (Lipinski definition) is 7. The number of nitrogens with zero attached hydrogens (tertiary/aromatic N) is 4. The highest BCUT2D eigenvalue weighted by atomic mass is 32.2. The molecule has 0 aliphatic carbocycles. The Bertz CT molecular complexity index is 1050. The van der Waals surface area contributed by atoms with Crippen molar-refractivity contribution in [1.82, 2.24) is 14.5 Å². The molecule has 8 heteroatoms. The Hall–Kier alpha value is -3.31. The minimum absolute atomic E-state index is 0.0973. The van der Waals surface area contributed by atoms with E-state index in [2.05, 4.69) is 9.97 Å². The first-order valence-electron chi connectivity index (χ1n) is 8.02. The Morgan fingerprint density at radius 3 is 2.59 bits per heavy atom. The summed E-state index contributed by atoms with van der Waals surface area (Å²) in [4.78, 5) is 21.9. The van der Waals surface area contributed by atoms with E-state index in [9.17, 15) is 10.1 Å².